The van der Waals surface area contributed by atoms with Crippen molar-refractivity contribution in [2.45, 2.75) is 31.8 Å². The predicted octanol–water partition coefficient (Wildman–Crippen LogP) is 0.452. The Morgan fingerprint density at radius 3 is 2.86 bits per heavy atom. The summed E-state index contributed by atoms with van der Waals surface area (Å²) in [5.74, 6) is -1.04. The number of carboxylic acids is 1. The third-order valence-corrected chi connectivity index (χ3v) is 2.88. The summed E-state index contributed by atoms with van der Waals surface area (Å²) in [5, 5.41) is 14.1. The van der Waals surface area contributed by atoms with Crippen molar-refractivity contribution < 1.29 is 19.4 Å². The predicted molar refractivity (Wildman–Crippen MR) is 75.9 cm³/mol. The molecule has 2 amide bonds. The summed E-state index contributed by atoms with van der Waals surface area (Å²) < 4.78 is 6.77. The van der Waals surface area contributed by atoms with Gasteiger partial charge in [0.05, 0.1) is 6.33 Å². The molecule has 0 spiro atoms. The Bertz CT molecular complexity index is 422. The molecule has 0 radical (unpaired) electrons. The zero-order valence-electron chi connectivity index (χ0n) is 12.1. The molecular weight excluding hydrogens is 276 g/mol. The first-order valence-corrected chi connectivity index (χ1v) is 6.85. The van der Waals surface area contributed by atoms with E-state index in [0.29, 0.717) is 26.0 Å². The molecule has 8 heteroatoms. The van der Waals surface area contributed by atoms with Crippen molar-refractivity contribution in [1.29, 1.82) is 0 Å². The number of carbonyl (C=O) groups is 2. The maximum atomic E-state index is 11.6. The first-order valence-electron chi connectivity index (χ1n) is 6.85. The molecule has 0 aliphatic heterocycles. The second-order valence-electron chi connectivity index (χ2n) is 4.58. The highest BCUT2D eigenvalue weighted by Crippen LogP contribution is 1.98. The monoisotopic (exact) mass is 298 g/mol. The van der Waals surface area contributed by atoms with Gasteiger partial charge in [0, 0.05) is 39.2 Å². The Morgan fingerprint density at radius 1 is 1.43 bits per heavy atom. The van der Waals surface area contributed by atoms with Gasteiger partial charge in [-0.2, -0.15) is 0 Å². The highest BCUT2D eigenvalue weighted by atomic mass is 16.5. The first-order chi connectivity index (χ1) is 10.1. The maximum absolute atomic E-state index is 11.6. The molecular formula is C13H22N4O4. The van der Waals surface area contributed by atoms with Crippen LogP contribution in [0, 0.1) is 0 Å². The maximum Gasteiger partial charge on any atom is 0.326 e. The van der Waals surface area contributed by atoms with E-state index in [4.69, 9.17) is 9.84 Å². The Balaban J connectivity index is 2.18. The zero-order chi connectivity index (χ0) is 15.5. The van der Waals surface area contributed by atoms with Crippen LogP contribution in [0.25, 0.3) is 0 Å². The van der Waals surface area contributed by atoms with Crippen LogP contribution in [0.5, 0.6) is 0 Å². The number of aliphatic carboxylic acids is 1. The van der Waals surface area contributed by atoms with Crippen LogP contribution in [-0.4, -0.2) is 53.0 Å². The van der Waals surface area contributed by atoms with Gasteiger partial charge < -0.3 is 25.0 Å². The van der Waals surface area contributed by atoms with E-state index < -0.39 is 18.0 Å². The van der Waals surface area contributed by atoms with Gasteiger partial charge in [0.25, 0.3) is 0 Å². The topological polar surface area (TPSA) is 105 Å². The van der Waals surface area contributed by atoms with Crippen LogP contribution in [-0.2, 0) is 16.1 Å². The third kappa shape index (κ3) is 7.31. The minimum Gasteiger partial charge on any atom is -0.480 e. The lowest BCUT2D eigenvalue weighted by atomic mass is 10.1. The number of rotatable bonds is 10. The molecule has 0 saturated carbocycles. The van der Waals surface area contributed by atoms with E-state index in [9.17, 15) is 9.59 Å². The van der Waals surface area contributed by atoms with Crippen molar-refractivity contribution in [3.8, 4) is 0 Å². The van der Waals surface area contributed by atoms with Crippen LogP contribution in [0.3, 0.4) is 0 Å². The van der Waals surface area contributed by atoms with Crippen LogP contribution < -0.4 is 10.6 Å². The Morgan fingerprint density at radius 2 is 2.24 bits per heavy atom. The fraction of sp³-hybridized carbons (Fsp3) is 0.615. The number of aryl methyl sites for hydroxylation is 1. The van der Waals surface area contributed by atoms with Crippen LogP contribution in [0.2, 0.25) is 0 Å². The number of hydrogen-bond acceptors (Lipinski definition) is 4. The summed E-state index contributed by atoms with van der Waals surface area (Å²) in [5.41, 5.74) is 0. The standard InChI is InChI=1S/C13H22N4O4/c1-21-9-2-4-11(12(18)19)16-13(20)15-5-3-7-17-8-6-14-10-17/h6,8,10-11H,2-5,7,9H2,1H3,(H,18,19)(H2,15,16,20). The number of hydrogen-bond donors (Lipinski definition) is 3. The quantitative estimate of drug-likeness (QED) is 0.544. The van der Waals surface area contributed by atoms with Crippen molar-refractivity contribution in [1.82, 2.24) is 20.2 Å². The highest BCUT2D eigenvalue weighted by Gasteiger charge is 2.18. The normalized spacial score (nSPS) is 11.9. The number of nitrogens with one attached hydrogen (secondary N) is 2. The van der Waals surface area contributed by atoms with Crippen molar-refractivity contribution >= 4 is 12.0 Å². The molecule has 0 bridgehead atoms. The number of urea groups is 1. The number of amides is 2. The second kappa shape index (κ2) is 9.76. The van der Waals surface area contributed by atoms with Crippen LogP contribution in [0.1, 0.15) is 19.3 Å². The molecule has 8 nitrogen and oxygen atoms in total. The molecule has 3 N–H and O–H groups in total. The molecule has 0 fully saturated rings. The lowest BCUT2D eigenvalue weighted by Gasteiger charge is -2.15. The van der Waals surface area contributed by atoms with Gasteiger partial charge in [0.2, 0.25) is 0 Å². The van der Waals surface area contributed by atoms with Gasteiger partial charge in [0.1, 0.15) is 6.04 Å². The Labute approximate surface area is 123 Å². The molecule has 0 saturated heterocycles. The summed E-state index contributed by atoms with van der Waals surface area (Å²) in [6, 6.07) is -1.36. The zero-order valence-corrected chi connectivity index (χ0v) is 12.1. The van der Waals surface area contributed by atoms with E-state index >= 15 is 0 Å². The lowest BCUT2D eigenvalue weighted by Crippen LogP contribution is -2.46. The SMILES string of the molecule is COCCCC(NC(=O)NCCCn1ccnc1)C(=O)O. The largest absolute Gasteiger partial charge is 0.480 e. The molecule has 1 rings (SSSR count). The van der Waals surface area contributed by atoms with E-state index in [1.54, 1.807) is 19.6 Å². The molecule has 1 aromatic rings. The fourth-order valence-corrected chi connectivity index (χ4v) is 1.78. The number of aromatic nitrogens is 2. The Hall–Kier alpha value is -2.09. The first kappa shape index (κ1) is 17.0. The minimum atomic E-state index is -1.04. The van der Waals surface area contributed by atoms with Gasteiger partial charge >= 0.3 is 12.0 Å². The molecule has 0 aliphatic rings. The summed E-state index contributed by atoms with van der Waals surface area (Å²) in [6.45, 7) is 1.68. The molecule has 1 atom stereocenters. The van der Waals surface area contributed by atoms with E-state index in [2.05, 4.69) is 15.6 Å². The summed E-state index contributed by atoms with van der Waals surface area (Å²) in [6.07, 6.45) is 6.90. The van der Waals surface area contributed by atoms with E-state index in [1.807, 2.05) is 10.8 Å². The molecule has 1 heterocycles. The molecule has 21 heavy (non-hydrogen) atoms. The number of methoxy groups -OCH3 is 1. The van der Waals surface area contributed by atoms with Crippen LogP contribution >= 0.6 is 0 Å². The summed E-state index contributed by atoms with van der Waals surface area (Å²) in [7, 11) is 1.55. The molecule has 1 aromatic heterocycles. The summed E-state index contributed by atoms with van der Waals surface area (Å²) >= 11 is 0. The number of carbonyl (C=O) groups excluding carboxylic acids is 1. The molecule has 118 valence electrons. The average Bonchev–Trinajstić information content (AvgIpc) is 2.96. The van der Waals surface area contributed by atoms with Crippen molar-refractivity contribution in [3.05, 3.63) is 18.7 Å². The van der Waals surface area contributed by atoms with Crippen molar-refractivity contribution in [2.75, 3.05) is 20.3 Å². The average molecular weight is 298 g/mol. The van der Waals surface area contributed by atoms with Crippen molar-refractivity contribution in [3.63, 3.8) is 0 Å². The number of carboxylic acid groups (broad SMARTS) is 1. The van der Waals surface area contributed by atoms with Crippen LogP contribution in [0.4, 0.5) is 4.79 Å². The van der Waals surface area contributed by atoms with Crippen molar-refractivity contribution in [2.24, 2.45) is 0 Å². The molecule has 0 aromatic carbocycles. The van der Waals surface area contributed by atoms with E-state index in [-0.39, 0.29) is 0 Å². The van der Waals surface area contributed by atoms with Gasteiger partial charge in [-0.25, -0.2) is 14.6 Å². The summed E-state index contributed by atoms with van der Waals surface area (Å²) in [4.78, 5) is 26.6. The number of imidazole rings is 1. The highest BCUT2D eigenvalue weighted by molar-refractivity contribution is 5.82. The fourth-order valence-electron chi connectivity index (χ4n) is 1.78. The number of ether oxygens (including phenoxy) is 1. The second-order valence-corrected chi connectivity index (χ2v) is 4.58. The van der Waals surface area contributed by atoms with Gasteiger partial charge in [-0.3, -0.25) is 0 Å². The van der Waals surface area contributed by atoms with Gasteiger partial charge in [-0.1, -0.05) is 0 Å². The lowest BCUT2D eigenvalue weighted by molar-refractivity contribution is -0.139. The molecule has 1 unspecified atom stereocenters. The van der Waals surface area contributed by atoms with Crippen LogP contribution in [0.15, 0.2) is 18.7 Å². The smallest absolute Gasteiger partial charge is 0.326 e. The third-order valence-electron chi connectivity index (χ3n) is 2.88. The molecule has 0 aliphatic carbocycles. The van der Waals surface area contributed by atoms with Gasteiger partial charge in [-0.05, 0) is 19.3 Å². The number of nitrogens with zero attached hydrogens (tertiary/aromatic N) is 2. The van der Waals surface area contributed by atoms with E-state index in [0.717, 1.165) is 13.0 Å². The minimum absolute atomic E-state index is 0.339. The Kier molecular flexibility index (Phi) is 7.88. The van der Waals surface area contributed by atoms with Gasteiger partial charge in [0.15, 0.2) is 0 Å². The van der Waals surface area contributed by atoms with E-state index in [1.165, 1.54) is 0 Å². The van der Waals surface area contributed by atoms with Gasteiger partial charge in [-0.15, -0.1) is 0 Å².